The van der Waals surface area contributed by atoms with Crippen molar-refractivity contribution in [3.8, 4) is 12.3 Å². The lowest BCUT2D eigenvalue weighted by Gasteiger charge is -2.34. The van der Waals surface area contributed by atoms with E-state index >= 15 is 0 Å². The minimum absolute atomic E-state index is 0. The van der Waals surface area contributed by atoms with Gasteiger partial charge in [0, 0.05) is 32.5 Å². The molecule has 0 atom stereocenters. The Morgan fingerprint density at radius 1 is 1.00 bits per heavy atom. The predicted molar refractivity (Wildman–Crippen MR) is 107 cm³/mol. The van der Waals surface area contributed by atoms with Crippen LogP contribution < -0.4 is 0 Å². The summed E-state index contributed by atoms with van der Waals surface area (Å²) < 4.78 is 26.5. The summed E-state index contributed by atoms with van der Waals surface area (Å²) in [6, 6.07) is 12.5. The zero-order valence-corrected chi connectivity index (χ0v) is 15.7. The zero-order valence-electron chi connectivity index (χ0n) is 14.9. The number of rotatable bonds is 4. The van der Waals surface area contributed by atoms with Crippen molar-refractivity contribution in [3.05, 3.63) is 77.4 Å². The number of piperidine rings is 1. The van der Waals surface area contributed by atoms with E-state index in [1.54, 1.807) is 24.3 Å². The third kappa shape index (κ3) is 5.40. The van der Waals surface area contributed by atoms with Crippen LogP contribution in [0.1, 0.15) is 24.0 Å². The van der Waals surface area contributed by atoms with Gasteiger partial charge in [-0.05, 0) is 41.0 Å². The summed E-state index contributed by atoms with van der Waals surface area (Å²) in [7, 11) is 0. The third-order valence-corrected chi connectivity index (χ3v) is 4.82. The number of benzene rings is 2. The number of terminal acetylenes is 1. The maximum atomic E-state index is 13.3. The third-order valence-electron chi connectivity index (χ3n) is 4.82. The van der Waals surface area contributed by atoms with Crippen LogP contribution in [-0.2, 0) is 0 Å². The molecule has 0 spiro atoms. The largest absolute Gasteiger partial charge is 0.378 e. The van der Waals surface area contributed by atoms with Crippen molar-refractivity contribution in [2.75, 3.05) is 19.6 Å². The predicted octanol–water partition coefficient (Wildman–Crippen LogP) is 4.28. The fourth-order valence-corrected chi connectivity index (χ4v) is 3.13. The van der Waals surface area contributed by atoms with Crippen molar-refractivity contribution in [2.45, 2.75) is 18.4 Å². The van der Waals surface area contributed by atoms with Gasteiger partial charge in [-0.25, -0.2) is 8.78 Å². The molecule has 1 heterocycles. The molecule has 0 radical (unpaired) electrons. The van der Waals surface area contributed by atoms with Gasteiger partial charge in [0.1, 0.15) is 17.2 Å². The molecule has 1 aliphatic heterocycles. The first-order chi connectivity index (χ1) is 12.5. The molecule has 0 unspecified atom stereocenters. The molecule has 1 aliphatic rings. The zero-order chi connectivity index (χ0) is 18.6. The normalized spacial score (nSPS) is 16.1. The molecule has 2 aromatic rings. The Kier molecular flexibility index (Phi) is 7.15. The monoisotopic (exact) mass is 389 g/mol. The average Bonchev–Trinajstić information content (AvgIpc) is 2.66. The Hall–Kier alpha value is -2.19. The van der Waals surface area contributed by atoms with Crippen molar-refractivity contribution in [2.24, 2.45) is 0 Å². The quantitative estimate of drug-likeness (QED) is 0.789. The van der Waals surface area contributed by atoms with Gasteiger partial charge in [0.05, 0.1) is 0 Å². The maximum absolute atomic E-state index is 13.3. The summed E-state index contributed by atoms with van der Waals surface area (Å²) in [5.74, 6) is 1.88. The van der Waals surface area contributed by atoms with Gasteiger partial charge >= 0.3 is 0 Å². The molecular weight excluding hydrogens is 368 g/mol. The summed E-state index contributed by atoms with van der Waals surface area (Å²) in [5, 5.41) is 10.1. The molecule has 2 aromatic carbocycles. The summed E-state index contributed by atoms with van der Waals surface area (Å²) in [6.07, 6.45) is 8.53. The standard InChI is InChI=1S/C22H21F2NO.ClH/c1-2-22(26)12-15-25(16-13-22)14-11-21(17-3-7-19(23)8-4-17)18-5-9-20(24)10-6-18;/h1,3-11,26H,12-16H2;1H. The van der Waals surface area contributed by atoms with Crippen LogP contribution in [0, 0.1) is 24.0 Å². The molecule has 142 valence electrons. The van der Waals surface area contributed by atoms with Gasteiger partial charge in [0.2, 0.25) is 0 Å². The number of likely N-dealkylation sites (tertiary alicyclic amines) is 1. The molecule has 0 aliphatic carbocycles. The van der Waals surface area contributed by atoms with Crippen molar-refractivity contribution in [3.63, 3.8) is 0 Å². The molecule has 0 bridgehead atoms. The first kappa shape index (κ1) is 21.1. The van der Waals surface area contributed by atoms with Crippen LogP contribution in [0.25, 0.3) is 5.57 Å². The highest BCUT2D eigenvalue weighted by atomic mass is 35.5. The van der Waals surface area contributed by atoms with Crippen molar-refractivity contribution >= 4 is 18.0 Å². The number of hydrogen-bond donors (Lipinski definition) is 1. The molecule has 5 heteroatoms. The fraction of sp³-hybridized carbons (Fsp3) is 0.273. The van der Waals surface area contributed by atoms with Gasteiger partial charge in [0.25, 0.3) is 0 Å². The Morgan fingerprint density at radius 3 is 1.85 bits per heavy atom. The molecule has 0 amide bonds. The fourth-order valence-electron chi connectivity index (χ4n) is 3.13. The van der Waals surface area contributed by atoms with E-state index in [1.807, 2.05) is 0 Å². The minimum Gasteiger partial charge on any atom is -0.378 e. The Bertz CT molecular complexity index is 769. The van der Waals surface area contributed by atoms with E-state index in [0.717, 1.165) is 16.7 Å². The lowest BCUT2D eigenvalue weighted by atomic mass is 9.92. The second kappa shape index (κ2) is 9.14. The molecule has 1 N–H and O–H groups in total. The lowest BCUT2D eigenvalue weighted by Crippen LogP contribution is -2.43. The molecule has 1 fully saturated rings. The molecule has 2 nitrogen and oxygen atoms in total. The highest BCUT2D eigenvalue weighted by molar-refractivity contribution is 5.85. The van der Waals surface area contributed by atoms with Crippen LogP contribution in [0.5, 0.6) is 0 Å². The van der Waals surface area contributed by atoms with Crippen LogP contribution in [0.3, 0.4) is 0 Å². The van der Waals surface area contributed by atoms with E-state index < -0.39 is 5.60 Å². The Morgan fingerprint density at radius 2 is 1.44 bits per heavy atom. The number of nitrogens with zero attached hydrogens (tertiary/aromatic N) is 1. The van der Waals surface area contributed by atoms with Gasteiger partial charge in [-0.2, -0.15) is 0 Å². The van der Waals surface area contributed by atoms with Gasteiger partial charge in [-0.3, -0.25) is 4.90 Å². The van der Waals surface area contributed by atoms with E-state index in [9.17, 15) is 13.9 Å². The number of halogens is 3. The smallest absolute Gasteiger partial charge is 0.127 e. The van der Waals surface area contributed by atoms with Crippen LogP contribution in [-0.4, -0.2) is 35.2 Å². The average molecular weight is 390 g/mol. The van der Waals surface area contributed by atoms with E-state index in [1.165, 1.54) is 24.3 Å². The summed E-state index contributed by atoms with van der Waals surface area (Å²) in [5.41, 5.74) is 1.66. The van der Waals surface area contributed by atoms with Crippen molar-refractivity contribution < 1.29 is 13.9 Å². The summed E-state index contributed by atoms with van der Waals surface area (Å²) in [6.45, 7) is 2.08. The number of aliphatic hydroxyl groups is 1. The molecule has 0 saturated carbocycles. The van der Waals surface area contributed by atoms with Gasteiger partial charge in [-0.15, -0.1) is 18.8 Å². The minimum atomic E-state index is -1.00. The number of hydrogen-bond acceptors (Lipinski definition) is 2. The maximum Gasteiger partial charge on any atom is 0.127 e. The van der Waals surface area contributed by atoms with Crippen LogP contribution in [0.4, 0.5) is 8.78 Å². The highest BCUT2D eigenvalue weighted by Gasteiger charge is 2.29. The molecule has 27 heavy (non-hydrogen) atoms. The van der Waals surface area contributed by atoms with Gasteiger partial charge in [-0.1, -0.05) is 36.3 Å². The molecular formula is C22H22ClF2NO. The van der Waals surface area contributed by atoms with Gasteiger partial charge < -0.3 is 5.11 Å². The second-order valence-electron chi connectivity index (χ2n) is 6.61. The first-order valence-electron chi connectivity index (χ1n) is 8.64. The Balaban J connectivity index is 0.00000261. The summed E-state index contributed by atoms with van der Waals surface area (Å²) >= 11 is 0. The van der Waals surface area contributed by atoms with Crippen LogP contribution >= 0.6 is 12.4 Å². The second-order valence-corrected chi connectivity index (χ2v) is 6.61. The lowest BCUT2D eigenvalue weighted by molar-refractivity contribution is 0.0309. The van der Waals surface area contributed by atoms with Gasteiger partial charge in [0.15, 0.2) is 0 Å². The summed E-state index contributed by atoms with van der Waals surface area (Å²) in [4.78, 5) is 2.21. The molecule has 1 saturated heterocycles. The van der Waals surface area contributed by atoms with E-state index in [4.69, 9.17) is 6.42 Å². The van der Waals surface area contributed by atoms with Crippen LogP contribution in [0.15, 0.2) is 54.6 Å². The van der Waals surface area contributed by atoms with E-state index in [2.05, 4.69) is 16.9 Å². The van der Waals surface area contributed by atoms with Crippen LogP contribution in [0.2, 0.25) is 0 Å². The Labute approximate surface area is 164 Å². The molecule has 3 rings (SSSR count). The van der Waals surface area contributed by atoms with Crippen molar-refractivity contribution in [1.29, 1.82) is 0 Å². The van der Waals surface area contributed by atoms with E-state index in [0.29, 0.717) is 32.5 Å². The van der Waals surface area contributed by atoms with Crippen molar-refractivity contribution in [1.82, 2.24) is 4.90 Å². The highest BCUT2D eigenvalue weighted by Crippen LogP contribution is 2.26. The SMILES string of the molecule is C#CC1(O)CCN(CC=C(c2ccc(F)cc2)c2ccc(F)cc2)CC1.Cl. The van der Waals surface area contributed by atoms with E-state index in [-0.39, 0.29) is 24.0 Å². The first-order valence-corrected chi connectivity index (χ1v) is 8.64. The topological polar surface area (TPSA) is 23.5 Å². The molecule has 0 aromatic heterocycles.